The van der Waals surface area contributed by atoms with Gasteiger partial charge in [-0.3, -0.25) is 4.79 Å². The van der Waals surface area contributed by atoms with Gasteiger partial charge in [0.05, 0.1) is 18.2 Å². The molecule has 2 N–H and O–H groups in total. The first-order valence-electron chi connectivity index (χ1n) is 6.97. The lowest BCUT2D eigenvalue weighted by atomic mass is 10.0. The van der Waals surface area contributed by atoms with Gasteiger partial charge in [-0.15, -0.1) is 0 Å². The van der Waals surface area contributed by atoms with Crippen LogP contribution < -0.4 is 0 Å². The molecule has 1 atom stereocenters. The zero-order valence-corrected chi connectivity index (χ0v) is 13.6. The van der Waals surface area contributed by atoms with E-state index in [4.69, 9.17) is 16.3 Å². The average molecular weight is 336 g/mol. The standard InChI is InChI=1S/C17H18ClNO4/c1-19(17(22)14-8-7-13(20)9-16(14)21)15(10-23-2)11-3-5-12(18)6-4-11/h3-9,15,20-21H,10H2,1-2H3/t15-/m0/s1. The summed E-state index contributed by atoms with van der Waals surface area (Å²) in [6, 6.07) is 10.7. The summed E-state index contributed by atoms with van der Waals surface area (Å²) >= 11 is 5.90. The number of halogens is 1. The number of likely N-dealkylation sites (N-methyl/N-ethyl adjacent to an activating group) is 1. The number of phenolic OH excluding ortho intramolecular Hbond substituents is 2. The van der Waals surface area contributed by atoms with E-state index in [1.807, 2.05) is 12.1 Å². The number of methoxy groups -OCH3 is 1. The molecule has 122 valence electrons. The minimum Gasteiger partial charge on any atom is -0.508 e. The van der Waals surface area contributed by atoms with Gasteiger partial charge in [-0.05, 0) is 29.8 Å². The predicted molar refractivity (Wildman–Crippen MR) is 87.9 cm³/mol. The maximum atomic E-state index is 12.6. The first-order chi connectivity index (χ1) is 10.9. The minimum absolute atomic E-state index is 0.104. The van der Waals surface area contributed by atoms with Crippen molar-refractivity contribution < 1.29 is 19.7 Å². The Morgan fingerprint density at radius 2 is 1.87 bits per heavy atom. The van der Waals surface area contributed by atoms with E-state index in [0.717, 1.165) is 11.6 Å². The number of carbonyl (C=O) groups is 1. The van der Waals surface area contributed by atoms with Gasteiger partial charge < -0.3 is 19.8 Å². The van der Waals surface area contributed by atoms with E-state index >= 15 is 0 Å². The quantitative estimate of drug-likeness (QED) is 0.880. The molecule has 0 aliphatic carbocycles. The van der Waals surface area contributed by atoms with Crippen molar-refractivity contribution in [2.24, 2.45) is 0 Å². The zero-order chi connectivity index (χ0) is 17.0. The van der Waals surface area contributed by atoms with Crippen LogP contribution in [-0.4, -0.2) is 41.8 Å². The lowest BCUT2D eigenvalue weighted by Gasteiger charge is -2.28. The fourth-order valence-electron chi connectivity index (χ4n) is 2.31. The third-order valence-corrected chi connectivity index (χ3v) is 3.83. The molecule has 0 aliphatic heterocycles. The van der Waals surface area contributed by atoms with Gasteiger partial charge in [-0.1, -0.05) is 23.7 Å². The molecule has 1 amide bonds. The topological polar surface area (TPSA) is 70.0 Å². The normalized spacial score (nSPS) is 12.0. The maximum absolute atomic E-state index is 12.6. The second kappa shape index (κ2) is 7.35. The lowest BCUT2D eigenvalue weighted by molar-refractivity contribution is 0.0599. The fourth-order valence-corrected chi connectivity index (χ4v) is 2.43. The molecule has 0 fully saturated rings. The number of ether oxygens (including phenoxy) is 1. The smallest absolute Gasteiger partial charge is 0.257 e. The summed E-state index contributed by atoms with van der Waals surface area (Å²) in [5, 5.41) is 19.8. The van der Waals surface area contributed by atoms with Crippen LogP contribution in [0.15, 0.2) is 42.5 Å². The number of carbonyl (C=O) groups excluding carboxylic acids is 1. The summed E-state index contributed by atoms with van der Waals surface area (Å²) in [5.74, 6) is -0.749. The lowest BCUT2D eigenvalue weighted by Crippen LogP contribution is -2.33. The first-order valence-corrected chi connectivity index (χ1v) is 7.35. The Hall–Kier alpha value is -2.24. The molecule has 5 nitrogen and oxygen atoms in total. The largest absolute Gasteiger partial charge is 0.508 e. The summed E-state index contributed by atoms with van der Waals surface area (Å²) in [4.78, 5) is 14.1. The Bertz CT molecular complexity index is 687. The highest BCUT2D eigenvalue weighted by atomic mass is 35.5. The maximum Gasteiger partial charge on any atom is 0.257 e. The molecule has 23 heavy (non-hydrogen) atoms. The van der Waals surface area contributed by atoms with Gasteiger partial charge in [0.1, 0.15) is 11.5 Å². The SMILES string of the molecule is COC[C@@H](c1ccc(Cl)cc1)N(C)C(=O)c1ccc(O)cc1O. The number of hydrogen-bond donors (Lipinski definition) is 2. The van der Waals surface area contributed by atoms with Crippen molar-refractivity contribution in [2.75, 3.05) is 20.8 Å². The van der Waals surface area contributed by atoms with E-state index < -0.39 is 0 Å². The van der Waals surface area contributed by atoms with Crippen LogP contribution in [0.2, 0.25) is 5.02 Å². The number of aromatic hydroxyl groups is 2. The van der Waals surface area contributed by atoms with Crippen molar-refractivity contribution in [3.63, 3.8) is 0 Å². The number of phenols is 2. The van der Waals surface area contributed by atoms with Crippen molar-refractivity contribution in [3.8, 4) is 11.5 Å². The molecular weight excluding hydrogens is 318 g/mol. The minimum atomic E-state index is -0.375. The molecule has 0 heterocycles. The Morgan fingerprint density at radius 3 is 2.43 bits per heavy atom. The van der Waals surface area contributed by atoms with Crippen molar-refractivity contribution >= 4 is 17.5 Å². The molecule has 2 aromatic carbocycles. The number of rotatable bonds is 5. The van der Waals surface area contributed by atoms with Crippen LogP contribution in [0.5, 0.6) is 11.5 Å². The number of nitrogens with zero attached hydrogens (tertiary/aromatic N) is 1. The molecule has 0 radical (unpaired) electrons. The van der Waals surface area contributed by atoms with E-state index in [0.29, 0.717) is 11.6 Å². The van der Waals surface area contributed by atoms with E-state index in [9.17, 15) is 15.0 Å². The van der Waals surface area contributed by atoms with Crippen LogP contribution in [0.4, 0.5) is 0 Å². The molecule has 2 aromatic rings. The van der Waals surface area contributed by atoms with Gasteiger partial charge in [0.25, 0.3) is 5.91 Å². The molecular formula is C17H18ClNO4. The molecule has 0 saturated heterocycles. The van der Waals surface area contributed by atoms with Crippen LogP contribution in [0.25, 0.3) is 0 Å². The van der Waals surface area contributed by atoms with Crippen molar-refractivity contribution in [2.45, 2.75) is 6.04 Å². The Balaban J connectivity index is 2.31. The highest BCUT2D eigenvalue weighted by Gasteiger charge is 2.24. The summed E-state index contributed by atoms with van der Waals surface area (Å²) in [7, 11) is 3.19. The first kappa shape index (κ1) is 17.1. The second-order valence-corrected chi connectivity index (χ2v) is 5.58. The molecule has 0 saturated carbocycles. The number of benzene rings is 2. The molecule has 6 heteroatoms. The van der Waals surface area contributed by atoms with Crippen LogP contribution in [0.3, 0.4) is 0 Å². The van der Waals surface area contributed by atoms with Crippen molar-refractivity contribution in [3.05, 3.63) is 58.6 Å². The molecule has 0 bridgehead atoms. The van der Waals surface area contributed by atoms with Gasteiger partial charge in [-0.2, -0.15) is 0 Å². The highest BCUT2D eigenvalue weighted by molar-refractivity contribution is 6.30. The molecule has 0 aromatic heterocycles. The third kappa shape index (κ3) is 3.94. The van der Waals surface area contributed by atoms with Gasteiger partial charge in [0.15, 0.2) is 0 Å². The van der Waals surface area contributed by atoms with E-state index in [1.54, 1.807) is 26.3 Å². The van der Waals surface area contributed by atoms with Crippen LogP contribution >= 0.6 is 11.6 Å². The van der Waals surface area contributed by atoms with Gasteiger partial charge in [0.2, 0.25) is 0 Å². The summed E-state index contributed by atoms with van der Waals surface area (Å²) < 4.78 is 5.22. The van der Waals surface area contributed by atoms with Crippen LogP contribution in [0.1, 0.15) is 22.0 Å². The second-order valence-electron chi connectivity index (χ2n) is 5.14. The van der Waals surface area contributed by atoms with Crippen LogP contribution in [0, 0.1) is 0 Å². The molecule has 0 aliphatic rings. The van der Waals surface area contributed by atoms with Crippen molar-refractivity contribution in [1.82, 2.24) is 4.90 Å². The highest BCUT2D eigenvalue weighted by Crippen LogP contribution is 2.28. The summed E-state index contributed by atoms with van der Waals surface area (Å²) in [5.41, 5.74) is 0.978. The molecule has 2 rings (SSSR count). The van der Waals surface area contributed by atoms with Gasteiger partial charge in [0, 0.05) is 25.2 Å². The van der Waals surface area contributed by atoms with Crippen LogP contribution in [-0.2, 0) is 4.74 Å². The van der Waals surface area contributed by atoms with Gasteiger partial charge >= 0.3 is 0 Å². The van der Waals surface area contributed by atoms with E-state index in [2.05, 4.69) is 0 Å². The third-order valence-electron chi connectivity index (χ3n) is 3.58. The average Bonchev–Trinajstić information content (AvgIpc) is 2.52. The number of hydrogen-bond acceptors (Lipinski definition) is 4. The Labute approximate surface area is 139 Å². The number of amides is 1. The van der Waals surface area contributed by atoms with E-state index in [-0.39, 0.29) is 29.0 Å². The Kier molecular flexibility index (Phi) is 5.47. The van der Waals surface area contributed by atoms with E-state index in [1.165, 1.54) is 17.0 Å². The fraction of sp³-hybridized carbons (Fsp3) is 0.235. The zero-order valence-electron chi connectivity index (χ0n) is 12.9. The summed E-state index contributed by atoms with van der Waals surface area (Å²) in [6.07, 6.45) is 0. The predicted octanol–water partition coefficient (Wildman–Crippen LogP) is 3.21. The Morgan fingerprint density at radius 1 is 1.22 bits per heavy atom. The molecule has 0 spiro atoms. The van der Waals surface area contributed by atoms with Crippen molar-refractivity contribution in [1.29, 1.82) is 0 Å². The monoisotopic (exact) mass is 335 g/mol. The summed E-state index contributed by atoms with van der Waals surface area (Å²) in [6.45, 7) is 0.294. The van der Waals surface area contributed by atoms with Gasteiger partial charge in [-0.25, -0.2) is 0 Å². The molecule has 0 unspecified atom stereocenters.